The number of rotatable bonds is 5. The summed E-state index contributed by atoms with van der Waals surface area (Å²) in [6.07, 6.45) is 1.66. The fourth-order valence-electron chi connectivity index (χ4n) is 2.91. The highest BCUT2D eigenvalue weighted by Gasteiger charge is 2.23. The molecule has 0 fully saturated rings. The van der Waals surface area contributed by atoms with Crippen molar-refractivity contribution in [2.75, 3.05) is 0 Å². The smallest absolute Gasteiger partial charge is 0.363 e. The normalized spacial score (nSPS) is 15.8. The highest BCUT2D eigenvalue weighted by molar-refractivity contribution is 6.12. The van der Waals surface area contributed by atoms with Crippen LogP contribution in [0.2, 0.25) is 0 Å². The van der Waals surface area contributed by atoms with Crippen LogP contribution < -0.4 is 4.74 Å². The number of hydrogen-bond donors (Lipinski definition) is 0. The van der Waals surface area contributed by atoms with Crippen LogP contribution in [0.1, 0.15) is 29.7 Å². The number of nitrogens with zero attached hydrogens (tertiary/aromatic N) is 1. The van der Waals surface area contributed by atoms with Gasteiger partial charge in [-0.1, -0.05) is 60.7 Å². The van der Waals surface area contributed by atoms with Gasteiger partial charge in [-0.2, -0.15) is 0 Å². The molecule has 0 spiro atoms. The molecule has 28 heavy (non-hydrogen) atoms. The van der Waals surface area contributed by atoms with Gasteiger partial charge in [0, 0.05) is 5.56 Å². The lowest BCUT2D eigenvalue weighted by Gasteiger charge is -2.15. The van der Waals surface area contributed by atoms with E-state index in [1.807, 2.05) is 91.9 Å². The van der Waals surface area contributed by atoms with Crippen molar-refractivity contribution < 1.29 is 14.3 Å². The van der Waals surface area contributed by atoms with Crippen molar-refractivity contribution in [1.29, 1.82) is 0 Å². The quantitative estimate of drug-likeness (QED) is 0.460. The lowest BCUT2D eigenvalue weighted by Crippen LogP contribution is -2.04. The van der Waals surface area contributed by atoms with Crippen LogP contribution in [0.25, 0.3) is 6.08 Å². The Labute approximate surface area is 163 Å². The number of hydrogen-bond acceptors (Lipinski definition) is 4. The molecule has 4 rings (SSSR count). The second-order valence-corrected chi connectivity index (χ2v) is 6.44. The van der Waals surface area contributed by atoms with E-state index >= 15 is 0 Å². The zero-order valence-corrected chi connectivity index (χ0v) is 15.4. The Bertz CT molecular complexity index is 1020. The molecule has 1 unspecified atom stereocenters. The summed E-state index contributed by atoms with van der Waals surface area (Å²) in [5, 5.41) is 0. The van der Waals surface area contributed by atoms with Gasteiger partial charge in [-0.05, 0) is 48.4 Å². The summed E-state index contributed by atoms with van der Waals surface area (Å²) in [5.41, 5.74) is 3.03. The summed E-state index contributed by atoms with van der Waals surface area (Å²) in [4.78, 5) is 16.4. The van der Waals surface area contributed by atoms with Gasteiger partial charge in [-0.25, -0.2) is 9.79 Å². The van der Waals surface area contributed by atoms with E-state index in [0.29, 0.717) is 5.90 Å². The number of ether oxygens (including phenoxy) is 2. The van der Waals surface area contributed by atoms with Crippen LogP contribution in [-0.2, 0) is 9.53 Å². The van der Waals surface area contributed by atoms with E-state index in [-0.39, 0.29) is 11.8 Å². The number of aliphatic imine (C=N–C) groups is 1. The molecule has 0 amide bonds. The van der Waals surface area contributed by atoms with Gasteiger partial charge in [0.15, 0.2) is 5.70 Å². The summed E-state index contributed by atoms with van der Waals surface area (Å²) in [6.45, 7) is 2.01. The maximum atomic E-state index is 12.1. The maximum absolute atomic E-state index is 12.1. The fourth-order valence-corrected chi connectivity index (χ4v) is 2.91. The number of esters is 1. The van der Waals surface area contributed by atoms with E-state index in [9.17, 15) is 4.79 Å². The third-order valence-electron chi connectivity index (χ3n) is 4.41. The van der Waals surface area contributed by atoms with Crippen LogP contribution in [0.15, 0.2) is 95.6 Å². The summed E-state index contributed by atoms with van der Waals surface area (Å²) in [5.74, 6) is 0.645. The number of benzene rings is 3. The van der Waals surface area contributed by atoms with Gasteiger partial charge >= 0.3 is 5.97 Å². The molecule has 0 saturated heterocycles. The summed E-state index contributed by atoms with van der Waals surface area (Å²) >= 11 is 0. The van der Waals surface area contributed by atoms with E-state index in [4.69, 9.17) is 9.47 Å². The Morgan fingerprint density at radius 3 is 2.21 bits per heavy atom. The Morgan fingerprint density at radius 2 is 1.54 bits per heavy atom. The molecule has 1 aliphatic rings. The van der Waals surface area contributed by atoms with Crippen LogP contribution in [0.4, 0.5) is 0 Å². The number of carbonyl (C=O) groups is 1. The molecule has 0 N–H and O–H groups in total. The van der Waals surface area contributed by atoms with Crippen LogP contribution >= 0.6 is 0 Å². The topological polar surface area (TPSA) is 47.9 Å². The molecule has 3 aromatic carbocycles. The van der Waals surface area contributed by atoms with Crippen LogP contribution in [0.3, 0.4) is 0 Å². The van der Waals surface area contributed by atoms with Crippen molar-refractivity contribution in [3.63, 3.8) is 0 Å². The molecule has 1 heterocycles. The van der Waals surface area contributed by atoms with Crippen molar-refractivity contribution in [1.82, 2.24) is 0 Å². The molecule has 0 aromatic heterocycles. The molecule has 0 bridgehead atoms. The minimum Gasteiger partial charge on any atom is -0.486 e. The van der Waals surface area contributed by atoms with E-state index in [1.54, 1.807) is 6.08 Å². The van der Waals surface area contributed by atoms with Gasteiger partial charge in [-0.15, -0.1) is 0 Å². The average Bonchev–Trinajstić information content (AvgIpc) is 3.11. The second kappa shape index (κ2) is 7.92. The fraction of sp³-hybridized carbons (Fsp3) is 0.0833. The molecule has 1 aliphatic heterocycles. The highest BCUT2D eigenvalue weighted by Crippen LogP contribution is 2.24. The van der Waals surface area contributed by atoms with Crippen molar-refractivity contribution in [3.05, 3.63) is 107 Å². The largest absolute Gasteiger partial charge is 0.486 e. The molecule has 3 aromatic rings. The molecule has 0 saturated carbocycles. The van der Waals surface area contributed by atoms with Gasteiger partial charge in [-0.3, -0.25) is 0 Å². The molecule has 1 atom stereocenters. The minimum absolute atomic E-state index is 0.0479. The van der Waals surface area contributed by atoms with E-state index < -0.39 is 5.97 Å². The lowest BCUT2D eigenvalue weighted by atomic mass is 10.1. The Kier molecular flexibility index (Phi) is 5.02. The third-order valence-corrected chi connectivity index (χ3v) is 4.41. The predicted octanol–water partition coefficient (Wildman–Crippen LogP) is 5.17. The van der Waals surface area contributed by atoms with Gasteiger partial charge in [0.05, 0.1) is 0 Å². The Balaban J connectivity index is 1.48. The monoisotopic (exact) mass is 369 g/mol. The van der Waals surface area contributed by atoms with Crippen molar-refractivity contribution in [2.24, 2.45) is 4.99 Å². The number of carbonyl (C=O) groups excluding carboxylic acids is 1. The zero-order valence-electron chi connectivity index (χ0n) is 15.4. The van der Waals surface area contributed by atoms with Crippen LogP contribution in [0.5, 0.6) is 5.75 Å². The van der Waals surface area contributed by atoms with Crippen molar-refractivity contribution >= 4 is 17.9 Å². The van der Waals surface area contributed by atoms with Crippen molar-refractivity contribution in [2.45, 2.75) is 13.0 Å². The summed E-state index contributed by atoms with van der Waals surface area (Å²) in [6, 6.07) is 27.0. The second-order valence-electron chi connectivity index (χ2n) is 6.44. The van der Waals surface area contributed by atoms with E-state index in [1.165, 1.54) is 0 Å². The molecular weight excluding hydrogens is 350 g/mol. The summed E-state index contributed by atoms with van der Waals surface area (Å²) in [7, 11) is 0. The first kappa shape index (κ1) is 17.7. The first-order valence-corrected chi connectivity index (χ1v) is 9.09. The average molecular weight is 369 g/mol. The first-order valence-electron chi connectivity index (χ1n) is 9.09. The zero-order chi connectivity index (χ0) is 19.3. The van der Waals surface area contributed by atoms with E-state index in [0.717, 1.165) is 22.4 Å². The third kappa shape index (κ3) is 4.01. The predicted molar refractivity (Wildman–Crippen MR) is 109 cm³/mol. The summed E-state index contributed by atoms with van der Waals surface area (Å²) < 4.78 is 11.3. The lowest BCUT2D eigenvalue weighted by molar-refractivity contribution is -0.129. The minimum atomic E-state index is -0.447. The van der Waals surface area contributed by atoms with Gasteiger partial charge in [0.2, 0.25) is 5.90 Å². The van der Waals surface area contributed by atoms with Crippen LogP contribution in [-0.4, -0.2) is 11.9 Å². The molecule has 0 radical (unpaired) electrons. The highest BCUT2D eigenvalue weighted by atomic mass is 16.6. The van der Waals surface area contributed by atoms with Gasteiger partial charge in [0.25, 0.3) is 0 Å². The molecule has 0 aliphatic carbocycles. The number of cyclic esters (lactones) is 1. The standard InChI is InChI=1S/C24H19NO3/c1-17(19-8-4-2-5-9-19)27-21-14-12-18(13-15-21)16-22-24(26)28-23(25-22)20-10-6-3-7-11-20/h2-17H,1H3. The molecule has 138 valence electrons. The SMILES string of the molecule is CC(Oc1ccc(C=C2N=C(c3ccccc3)OC2=O)cc1)c1ccccc1. The van der Waals surface area contributed by atoms with E-state index in [2.05, 4.69) is 4.99 Å². The van der Waals surface area contributed by atoms with Crippen LogP contribution in [0, 0.1) is 0 Å². The van der Waals surface area contributed by atoms with Crippen molar-refractivity contribution in [3.8, 4) is 5.75 Å². The Morgan fingerprint density at radius 1 is 0.893 bits per heavy atom. The first-order chi connectivity index (χ1) is 13.7. The maximum Gasteiger partial charge on any atom is 0.363 e. The molecule has 4 heteroatoms. The molecule has 4 nitrogen and oxygen atoms in total. The van der Waals surface area contributed by atoms with Gasteiger partial charge < -0.3 is 9.47 Å². The Hall–Kier alpha value is -3.66. The molecular formula is C24H19NO3. The van der Waals surface area contributed by atoms with Gasteiger partial charge in [0.1, 0.15) is 11.9 Å².